The number of anilines is 1. The lowest BCUT2D eigenvalue weighted by atomic mass is 10.1. The Bertz CT molecular complexity index is 1120. The third kappa shape index (κ3) is 3.25. The van der Waals surface area contributed by atoms with Gasteiger partial charge in [0.15, 0.2) is 5.84 Å². The smallest absolute Gasteiger partial charge is 0.157 e. The number of rotatable bonds is 3. The fraction of sp³-hybridized carbons (Fsp3) is 0.200. The standard InChI is InChI=1S/C20H20ClN7/c1-12-8-13(2)28(25-12)18(23-11-22)10-16-9-17-19(26-27(3)20(17)24-16)14-4-6-15(21)7-5-14/h4-8,10-11,22,24H,9H2,1-3H3/b16-10+,22-11?,23-18+. The molecule has 0 amide bonds. The van der Waals surface area contributed by atoms with Crippen LogP contribution in [0.2, 0.25) is 5.02 Å². The maximum Gasteiger partial charge on any atom is 0.157 e. The lowest BCUT2D eigenvalue weighted by molar-refractivity contribution is 0.779. The van der Waals surface area contributed by atoms with Crippen LogP contribution in [0.1, 0.15) is 17.0 Å². The second kappa shape index (κ2) is 7.09. The molecule has 0 saturated heterocycles. The fourth-order valence-corrected chi connectivity index (χ4v) is 3.57. The van der Waals surface area contributed by atoms with Crippen LogP contribution in [0, 0.1) is 19.3 Å². The van der Waals surface area contributed by atoms with Crippen molar-refractivity contribution in [3.05, 3.63) is 64.1 Å². The SMILES string of the molecule is Cc1cc(C)n(C(/C=C2\Cc3c(-c4ccc(Cl)cc4)nn(C)c3N2)=N/C=N)n1. The highest BCUT2D eigenvalue weighted by Crippen LogP contribution is 2.36. The molecule has 0 bridgehead atoms. The van der Waals surface area contributed by atoms with Crippen molar-refractivity contribution in [2.24, 2.45) is 12.0 Å². The molecule has 1 aromatic carbocycles. The average molecular weight is 394 g/mol. The van der Waals surface area contributed by atoms with Gasteiger partial charge in [-0.05, 0) is 32.0 Å². The number of aliphatic imine (C=N–C) groups is 1. The Morgan fingerprint density at radius 2 is 2.00 bits per heavy atom. The molecule has 0 atom stereocenters. The van der Waals surface area contributed by atoms with E-state index in [1.165, 1.54) is 0 Å². The monoisotopic (exact) mass is 393 g/mol. The molecule has 1 aliphatic heterocycles. The summed E-state index contributed by atoms with van der Waals surface area (Å²) in [5.41, 5.74) is 5.93. The Kier molecular flexibility index (Phi) is 4.60. The number of nitrogens with one attached hydrogen (secondary N) is 2. The first-order chi connectivity index (χ1) is 13.5. The average Bonchev–Trinajstić information content (AvgIpc) is 3.30. The van der Waals surface area contributed by atoms with Crippen molar-refractivity contribution in [3.63, 3.8) is 0 Å². The minimum atomic E-state index is 0.594. The molecule has 0 radical (unpaired) electrons. The summed E-state index contributed by atoms with van der Waals surface area (Å²) >= 11 is 6.02. The lowest BCUT2D eigenvalue weighted by Crippen LogP contribution is -2.15. The molecule has 142 valence electrons. The summed E-state index contributed by atoms with van der Waals surface area (Å²) in [6.07, 6.45) is 3.65. The largest absolute Gasteiger partial charge is 0.343 e. The van der Waals surface area contributed by atoms with E-state index in [4.69, 9.17) is 17.0 Å². The maximum atomic E-state index is 7.40. The van der Waals surface area contributed by atoms with E-state index in [9.17, 15) is 0 Å². The topological polar surface area (TPSA) is 83.9 Å². The van der Waals surface area contributed by atoms with E-state index in [1.807, 2.05) is 62.0 Å². The van der Waals surface area contributed by atoms with Crippen LogP contribution in [-0.2, 0) is 13.5 Å². The van der Waals surface area contributed by atoms with Gasteiger partial charge in [-0.15, -0.1) is 0 Å². The molecule has 0 aliphatic carbocycles. The minimum absolute atomic E-state index is 0.594. The molecule has 3 aromatic rings. The first kappa shape index (κ1) is 18.2. The lowest BCUT2D eigenvalue weighted by Gasteiger charge is -2.07. The van der Waals surface area contributed by atoms with E-state index < -0.39 is 0 Å². The van der Waals surface area contributed by atoms with Crippen LogP contribution in [0.25, 0.3) is 11.3 Å². The van der Waals surface area contributed by atoms with Gasteiger partial charge in [0.05, 0.1) is 11.4 Å². The Labute approximate surface area is 167 Å². The number of fused-ring (bicyclic) bond motifs is 1. The summed E-state index contributed by atoms with van der Waals surface area (Å²) in [6, 6.07) is 9.68. The number of aromatic nitrogens is 4. The van der Waals surface area contributed by atoms with Crippen molar-refractivity contribution in [2.45, 2.75) is 20.3 Å². The predicted molar refractivity (Wildman–Crippen MR) is 112 cm³/mol. The van der Waals surface area contributed by atoms with Crippen LogP contribution in [0.4, 0.5) is 5.82 Å². The minimum Gasteiger partial charge on any atom is -0.343 e. The van der Waals surface area contributed by atoms with Crippen LogP contribution >= 0.6 is 11.6 Å². The van der Waals surface area contributed by atoms with Gasteiger partial charge in [0, 0.05) is 47.1 Å². The highest BCUT2D eigenvalue weighted by molar-refractivity contribution is 6.30. The molecule has 28 heavy (non-hydrogen) atoms. The van der Waals surface area contributed by atoms with Crippen LogP contribution in [-0.4, -0.2) is 31.7 Å². The highest BCUT2D eigenvalue weighted by atomic mass is 35.5. The van der Waals surface area contributed by atoms with Gasteiger partial charge >= 0.3 is 0 Å². The number of nitrogens with zero attached hydrogens (tertiary/aromatic N) is 5. The molecule has 4 rings (SSSR count). The Hall–Kier alpha value is -3.19. The van der Waals surface area contributed by atoms with Gasteiger partial charge in [-0.2, -0.15) is 10.2 Å². The second-order valence-electron chi connectivity index (χ2n) is 6.73. The molecule has 8 heteroatoms. The van der Waals surface area contributed by atoms with Gasteiger partial charge in [-0.25, -0.2) is 9.67 Å². The van der Waals surface area contributed by atoms with Crippen molar-refractivity contribution >= 4 is 29.6 Å². The van der Waals surface area contributed by atoms with Gasteiger partial charge in [0.1, 0.15) is 12.2 Å². The Morgan fingerprint density at radius 3 is 2.64 bits per heavy atom. The van der Waals surface area contributed by atoms with Gasteiger partial charge in [-0.3, -0.25) is 10.1 Å². The number of hydrogen-bond acceptors (Lipinski definition) is 4. The molecule has 2 aromatic heterocycles. The van der Waals surface area contributed by atoms with Crippen molar-refractivity contribution in [1.82, 2.24) is 19.6 Å². The molecular weight excluding hydrogens is 374 g/mol. The molecule has 2 N–H and O–H groups in total. The second-order valence-corrected chi connectivity index (χ2v) is 7.17. The zero-order valence-corrected chi connectivity index (χ0v) is 16.6. The molecule has 7 nitrogen and oxygen atoms in total. The highest BCUT2D eigenvalue weighted by Gasteiger charge is 2.25. The van der Waals surface area contributed by atoms with Gasteiger partial charge in [0.2, 0.25) is 0 Å². The molecule has 0 spiro atoms. The van der Waals surface area contributed by atoms with Gasteiger partial charge in [-0.1, -0.05) is 23.7 Å². The van der Waals surface area contributed by atoms with Gasteiger partial charge in [0.25, 0.3) is 0 Å². The molecule has 1 aliphatic rings. The van der Waals surface area contributed by atoms with E-state index in [0.29, 0.717) is 17.3 Å². The third-order valence-electron chi connectivity index (χ3n) is 4.64. The van der Waals surface area contributed by atoms with E-state index in [1.54, 1.807) is 4.68 Å². The van der Waals surface area contributed by atoms with Crippen molar-refractivity contribution in [3.8, 4) is 11.3 Å². The van der Waals surface area contributed by atoms with Crippen LogP contribution in [0.15, 0.2) is 47.1 Å². The summed E-state index contributed by atoms with van der Waals surface area (Å²) in [7, 11) is 1.92. The number of benzene rings is 1. The summed E-state index contributed by atoms with van der Waals surface area (Å²) in [4.78, 5) is 4.20. The number of hydrogen-bond donors (Lipinski definition) is 2. The van der Waals surface area contributed by atoms with Crippen molar-refractivity contribution in [1.29, 1.82) is 5.41 Å². The van der Waals surface area contributed by atoms with Crippen LogP contribution < -0.4 is 5.32 Å². The number of halogens is 1. The third-order valence-corrected chi connectivity index (χ3v) is 4.89. The summed E-state index contributed by atoms with van der Waals surface area (Å²) < 4.78 is 3.59. The normalized spacial score (nSPS) is 15.0. The Balaban J connectivity index is 1.70. The maximum absolute atomic E-state index is 7.40. The summed E-state index contributed by atoms with van der Waals surface area (Å²) in [6.45, 7) is 3.91. The molecule has 3 heterocycles. The van der Waals surface area contributed by atoms with Gasteiger partial charge < -0.3 is 5.32 Å². The van der Waals surface area contributed by atoms with E-state index >= 15 is 0 Å². The molecule has 0 saturated carbocycles. The zero-order chi connectivity index (χ0) is 19.8. The van der Waals surface area contributed by atoms with E-state index in [0.717, 1.165) is 46.1 Å². The molecule has 0 fully saturated rings. The van der Waals surface area contributed by atoms with Crippen molar-refractivity contribution in [2.75, 3.05) is 5.32 Å². The van der Waals surface area contributed by atoms with Crippen molar-refractivity contribution < 1.29 is 0 Å². The van der Waals surface area contributed by atoms with Crippen LogP contribution in [0.5, 0.6) is 0 Å². The first-order valence-corrected chi connectivity index (χ1v) is 9.24. The van der Waals surface area contributed by atoms with E-state index in [-0.39, 0.29) is 0 Å². The number of allylic oxidation sites excluding steroid dienone is 2. The number of aryl methyl sites for hydroxylation is 3. The zero-order valence-electron chi connectivity index (χ0n) is 15.9. The predicted octanol–water partition coefficient (Wildman–Crippen LogP) is 3.96. The Morgan fingerprint density at radius 1 is 1.25 bits per heavy atom. The summed E-state index contributed by atoms with van der Waals surface area (Å²) in [5, 5.41) is 20.7. The fourth-order valence-electron chi connectivity index (χ4n) is 3.44. The molecule has 0 unspecified atom stereocenters. The van der Waals surface area contributed by atoms with E-state index in [2.05, 4.69) is 20.5 Å². The van der Waals surface area contributed by atoms with Crippen LogP contribution in [0.3, 0.4) is 0 Å². The molecular formula is C20H20ClN7. The first-order valence-electron chi connectivity index (χ1n) is 8.86. The quantitative estimate of drug-likeness (QED) is 0.521. The summed E-state index contributed by atoms with van der Waals surface area (Å²) in [5.74, 6) is 1.55.